The van der Waals surface area contributed by atoms with Crippen molar-refractivity contribution in [2.24, 2.45) is 0 Å². The highest BCUT2D eigenvalue weighted by atomic mass is 19.1. The first-order chi connectivity index (χ1) is 13.4. The molecule has 7 nitrogen and oxygen atoms in total. The molecule has 0 saturated carbocycles. The summed E-state index contributed by atoms with van der Waals surface area (Å²) < 4.78 is 13.2. The lowest BCUT2D eigenvalue weighted by Crippen LogP contribution is -2.48. The van der Waals surface area contributed by atoms with Crippen LogP contribution in [0.1, 0.15) is 11.1 Å². The topological polar surface area (TPSA) is 78.7 Å². The molecule has 0 aliphatic carbocycles. The Morgan fingerprint density at radius 1 is 1.14 bits per heavy atom. The first-order valence-corrected chi connectivity index (χ1v) is 9.15. The molecule has 1 heterocycles. The van der Waals surface area contributed by atoms with E-state index in [1.807, 2.05) is 17.0 Å². The average molecular weight is 386 g/mol. The van der Waals surface area contributed by atoms with Crippen molar-refractivity contribution in [1.82, 2.24) is 9.80 Å². The van der Waals surface area contributed by atoms with Gasteiger partial charge in [-0.15, -0.1) is 0 Å². The number of hydrogen-bond acceptors (Lipinski definition) is 5. The van der Waals surface area contributed by atoms with Gasteiger partial charge in [-0.25, -0.2) is 4.39 Å². The highest BCUT2D eigenvalue weighted by Gasteiger charge is 2.21. The Balaban J connectivity index is 1.50. The maximum Gasteiger partial charge on any atom is 0.295 e. The number of halogens is 1. The molecule has 0 spiro atoms. The number of nitro groups is 1. The Bertz CT molecular complexity index is 866. The summed E-state index contributed by atoms with van der Waals surface area (Å²) >= 11 is 0. The van der Waals surface area contributed by atoms with Gasteiger partial charge < -0.3 is 5.32 Å². The van der Waals surface area contributed by atoms with Gasteiger partial charge in [0.1, 0.15) is 11.5 Å². The SMILES string of the molecule is Cc1ccccc1CN1CCN(CC(=O)Nc2ccc(F)cc2[N+](=O)[O-])CC1. The van der Waals surface area contributed by atoms with Gasteiger partial charge in [0.25, 0.3) is 5.69 Å². The standard InChI is InChI=1S/C20H23FN4O3/c1-15-4-2-3-5-16(15)13-23-8-10-24(11-9-23)14-20(26)22-18-7-6-17(21)12-19(18)25(27)28/h2-7,12H,8-11,13-14H2,1H3,(H,22,26). The number of amides is 1. The molecule has 1 aliphatic heterocycles. The molecule has 0 radical (unpaired) electrons. The molecule has 28 heavy (non-hydrogen) atoms. The number of carbonyl (C=O) groups excluding carboxylic acids is 1. The third-order valence-corrected chi connectivity index (χ3v) is 4.92. The lowest BCUT2D eigenvalue weighted by atomic mass is 10.1. The second-order valence-corrected chi connectivity index (χ2v) is 6.95. The molecule has 1 N–H and O–H groups in total. The molecule has 1 saturated heterocycles. The number of carbonyl (C=O) groups is 1. The van der Waals surface area contributed by atoms with Crippen molar-refractivity contribution < 1.29 is 14.1 Å². The second-order valence-electron chi connectivity index (χ2n) is 6.95. The molecular weight excluding hydrogens is 363 g/mol. The van der Waals surface area contributed by atoms with Crippen molar-refractivity contribution in [3.05, 3.63) is 69.5 Å². The van der Waals surface area contributed by atoms with Crippen molar-refractivity contribution in [1.29, 1.82) is 0 Å². The highest BCUT2D eigenvalue weighted by Crippen LogP contribution is 2.25. The third kappa shape index (κ3) is 5.11. The molecule has 3 rings (SSSR count). The number of hydrogen-bond donors (Lipinski definition) is 1. The fourth-order valence-electron chi connectivity index (χ4n) is 3.29. The van der Waals surface area contributed by atoms with E-state index >= 15 is 0 Å². The van der Waals surface area contributed by atoms with E-state index in [9.17, 15) is 19.3 Å². The normalized spacial score (nSPS) is 15.4. The van der Waals surface area contributed by atoms with E-state index in [4.69, 9.17) is 0 Å². The zero-order chi connectivity index (χ0) is 20.1. The first kappa shape index (κ1) is 19.9. The van der Waals surface area contributed by atoms with Gasteiger partial charge in [0.2, 0.25) is 5.91 Å². The number of anilines is 1. The van der Waals surface area contributed by atoms with Gasteiger partial charge in [0.05, 0.1) is 17.5 Å². The monoisotopic (exact) mass is 386 g/mol. The van der Waals surface area contributed by atoms with E-state index in [0.717, 1.165) is 44.9 Å². The van der Waals surface area contributed by atoms with E-state index in [1.54, 1.807) is 0 Å². The van der Waals surface area contributed by atoms with E-state index in [-0.39, 0.29) is 18.1 Å². The highest BCUT2D eigenvalue weighted by molar-refractivity contribution is 5.94. The molecule has 2 aromatic rings. The Morgan fingerprint density at radius 2 is 1.82 bits per heavy atom. The van der Waals surface area contributed by atoms with E-state index in [2.05, 4.69) is 29.3 Å². The van der Waals surface area contributed by atoms with Crippen LogP contribution in [-0.4, -0.2) is 53.4 Å². The molecule has 1 fully saturated rings. The Morgan fingerprint density at radius 3 is 2.50 bits per heavy atom. The maximum atomic E-state index is 13.2. The Hall–Kier alpha value is -2.84. The number of piperazine rings is 1. The molecule has 0 atom stereocenters. The number of aryl methyl sites for hydroxylation is 1. The fraction of sp³-hybridized carbons (Fsp3) is 0.350. The van der Waals surface area contributed by atoms with Crippen LogP contribution in [0.5, 0.6) is 0 Å². The molecule has 1 amide bonds. The van der Waals surface area contributed by atoms with Gasteiger partial charge in [-0.1, -0.05) is 24.3 Å². The minimum atomic E-state index is -0.713. The molecule has 1 aliphatic rings. The Kier molecular flexibility index (Phi) is 6.33. The van der Waals surface area contributed by atoms with Crippen molar-refractivity contribution in [3.63, 3.8) is 0 Å². The smallest absolute Gasteiger partial charge is 0.295 e. The second kappa shape index (κ2) is 8.90. The van der Waals surface area contributed by atoms with Gasteiger partial charge in [0.15, 0.2) is 0 Å². The summed E-state index contributed by atoms with van der Waals surface area (Å²) in [5, 5.41) is 13.5. The van der Waals surface area contributed by atoms with Crippen molar-refractivity contribution in [3.8, 4) is 0 Å². The fourth-order valence-corrected chi connectivity index (χ4v) is 3.29. The minimum absolute atomic E-state index is 0.00888. The molecule has 0 bridgehead atoms. The van der Waals surface area contributed by atoms with Crippen LogP contribution in [0, 0.1) is 22.9 Å². The molecular formula is C20H23FN4O3. The summed E-state index contributed by atoms with van der Waals surface area (Å²) in [5.41, 5.74) is 2.13. The van der Waals surface area contributed by atoms with Crippen LogP contribution in [0.15, 0.2) is 42.5 Å². The largest absolute Gasteiger partial charge is 0.319 e. The van der Waals surface area contributed by atoms with Crippen LogP contribution in [-0.2, 0) is 11.3 Å². The quantitative estimate of drug-likeness (QED) is 0.610. The van der Waals surface area contributed by atoms with Crippen LogP contribution in [0.2, 0.25) is 0 Å². The molecule has 148 valence electrons. The van der Waals surface area contributed by atoms with Crippen LogP contribution in [0.25, 0.3) is 0 Å². The molecule has 0 unspecified atom stereocenters. The predicted octanol–water partition coefficient (Wildman–Crippen LogP) is 2.80. The average Bonchev–Trinajstić information content (AvgIpc) is 2.66. The first-order valence-electron chi connectivity index (χ1n) is 9.15. The predicted molar refractivity (Wildman–Crippen MR) is 105 cm³/mol. The summed E-state index contributed by atoms with van der Waals surface area (Å²) in [6, 6.07) is 11.4. The lowest BCUT2D eigenvalue weighted by molar-refractivity contribution is -0.384. The van der Waals surface area contributed by atoms with Crippen LogP contribution >= 0.6 is 0 Å². The van der Waals surface area contributed by atoms with Crippen LogP contribution in [0.3, 0.4) is 0 Å². The van der Waals surface area contributed by atoms with Gasteiger partial charge in [-0.3, -0.25) is 24.7 Å². The number of benzene rings is 2. The number of nitrogens with one attached hydrogen (secondary N) is 1. The molecule has 2 aromatic carbocycles. The summed E-state index contributed by atoms with van der Waals surface area (Å²) in [6.45, 7) is 6.30. The summed E-state index contributed by atoms with van der Waals surface area (Å²) in [5.74, 6) is -1.06. The molecule has 8 heteroatoms. The number of nitro benzene ring substituents is 1. The number of nitrogens with zero attached hydrogens (tertiary/aromatic N) is 3. The van der Waals surface area contributed by atoms with Crippen molar-refractivity contribution in [2.75, 3.05) is 38.0 Å². The third-order valence-electron chi connectivity index (χ3n) is 4.92. The van der Waals surface area contributed by atoms with E-state index in [0.29, 0.717) is 0 Å². The Labute approximate surface area is 162 Å². The zero-order valence-electron chi connectivity index (χ0n) is 15.7. The van der Waals surface area contributed by atoms with Gasteiger partial charge >= 0.3 is 0 Å². The number of rotatable bonds is 6. The summed E-state index contributed by atoms with van der Waals surface area (Å²) in [7, 11) is 0. The van der Waals surface area contributed by atoms with E-state index < -0.39 is 16.4 Å². The van der Waals surface area contributed by atoms with Gasteiger partial charge in [-0.05, 0) is 30.2 Å². The van der Waals surface area contributed by atoms with Crippen LogP contribution in [0.4, 0.5) is 15.8 Å². The van der Waals surface area contributed by atoms with Gasteiger partial charge in [-0.2, -0.15) is 0 Å². The van der Waals surface area contributed by atoms with E-state index in [1.165, 1.54) is 17.2 Å². The zero-order valence-corrected chi connectivity index (χ0v) is 15.7. The van der Waals surface area contributed by atoms with Gasteiger partial charge in [0, 0.05) is 32.7 Å². The maximum absolute atomic E-state index is 13.2. The molecule has 0 aromatic heterocycles. The minimum Gasteiger partial charge on any atom is -0.319 e. The van der Waals surface area contributed by atoms with Crippen LogP contribution < -0.4 is 5.32 Å². The summed E-state index contributed by atoms with van der Waals surface area (Å²) in [6.07, 6.45) is 0. The van der Waals surface area contributed by atoms with Crippen molar-refractivity contribution in [2.45, 2.75) is 13.5 Å². The summed E-state index contributed by atoms with van der Waals surface area (Å²) in [4.78, 5) is 27.0. The lowest BCUT2D eigenvalue weighted by Gasteiger charge is -2.34. The van der Waals surface area contributed by atoms with Crippen molar-refractivity contribution >= 4 is 17.3 Å².